The number of hydrogen-bond acceptors (Lipinski definition) is 13. The molecule has 0 radical (unpaired) electrons. The second-order valence-electron chi connectivity index (χ2n) is 20.0. The quantitative estimate of drug-likeness (QED) is 0.0218. The molecule has 428 valence electrons. The molecular formula is C59H71F4N9O8. The third-order valence-electron chi connectivity index (χ3n) is 13.8. The number of aromatic nitrogens is 4. The van der Waals surface area contributed by atoms with Crippen molar-refractivity contribution < 1.29 is 55.6 Å². The molecule has 1 aliphatic carbocycles. The summed E-state index contributed by atoms with van der Waals surface area (Å²) in [7, 11) is 2.09. The normalized spacial score (nSPS) is 16.4. The van der Waals surface area contributed by atoms with Gasteiger partial charge in [-0.05, 0) is 132 Å². The molecule has 1 saturated heterocycles. The highest BCUT2D eigenvalue weighted by Gasteiger charge is 2.31. The van der Waals surface area contributed by atoms with Crippen LogP contribution in [0.25, 0.3) is 10.9 Å². The van der Waals surface area contributed by atoms with Crippen molar-refractivity contribution in [2.75, 3.05) is 88.9 Å². The summed E-state index contributed by atoms with van der Waals surface area (Å²) < 4.78 is 94.4. The number of nitrogens with one attached hydrogen (secondary N) is 4. The van der Waals surface area contributed by atoms with E-state index < -0.39 is 36.5 Å². The summed E-state index contributed by atoms with van der Waals surface area (Å²) in [6, 6.07) is 26.6. The van der Waals surface area contributed by atoms with Crippen molar-refractivity contribution in [3.63, 3.8) is 0 Å². The molecule has 0 spiro atoms. The Bertz CT molecular complexity index is 2980. The summed E-state index contributed by atoms with van der Waals surface area (Å²) in [5.41, 5.74) is 3.95. The maximum Gasteiger partial charge on any atom is 0.406 e. The summed E-state index contributed by atoms with van der Waals surface area (Å²) in [6.07, 6.45) is 1.70. The first-order chi connectivity index (χ1) is 38.7. The highest BCUT2D eigenvalue weighted by molar-refractivity contribution is 5.97. The maximum atomic E-state index is 15.3. The van der Waals surface area contributed by atoms with Gasteiger partial charge in [-0.1, -0.05) is 47.5 Å². The minimum absolute atomic E-state index is 0.0129. The second-order valence-corrected chi connectivity index (χ2v) is 20.0. The molecule has 4 N–H and O–H groups in total. The Morgan fingerprint density at radius 3 is 2.25 bits per heavy atom. The summed E-state index contributed by atoms with van der Waals surface area (Å²) >= 11 is 0. The van der Waals surface area contributed by atoms with Crippen molar-refractivity contribution in [1.29, 1.82) is 0 Å². The molecule has 21 heteroatoms. The molecular weight excluding hydrogens is 1040 g/mol. The first-order valence-corrected chi connectivity index (χ1v) is 27.2. The van der Waals surface area contributed by atoms with Crippen LogP contribution in [0, 0.1) is 17.7 Å². The number of nitrogens with zero attached hydrogens (tertiary/aromatic N) is 5. The number of carbonyl (C=O) groups is 2. The SMILES string of the molecule is CC(=O)Nc1c(F)cc(C(=O)NC2CCC(OCc3cn(CCOCCOCCOCCOc4ccc(NCC#Cc5cc6c(NC7CCN(C)CC7)cccc6n5CC(F)(F)F)cc4)nn3)CC2)cc1O[C@@H](C)c1ccccc1. The number of benzene rings is 4. The lowest BCUT2D eigenvalue weighted by molar-refractivity contribution is -0.140. The number of piperidine rings is 1. The van der Waals surface area contributed by atoms with Crippen LogP contribution in [-0.2, 0) is 43.4 Å². The van der Waals surface area contributed by atoms with Crippen LogP contribution in [0.2, 0.25) is 0 Å². The third-order valence-corrected chi connectivity index (χ3v) is 13.8. The van der Waals surface area contributed by atoms with Crippen LogP contribution >= 0.6 is 0 Å². The van der Waals surface area contributed by atoms with E-state index in [1.54, 1.807) is 22.9 Å². The number of hydrogen-bond donors (Lipinski definition) is 4. The Kier molecular flexibility index (Phi) is 21.6. The van der Waals surface area contributed by atoms with Crippen molar-refractivity contribution in [2.45, 2.75) is 103 Å². The van der Waals surface area contributed by atoms with Crippen LogP contribution in [0.4, 0.5) is 34.6 Å². The fourth-order valence-corrected chi connectivity index (χ4v) is 9.55. The van der Waals surface area contributed by atoms with Gasteiger partial charge in [0, 0.05) is 41.3 Å². The largest absolute Gasteiger partial charge is 0.491 e. The fraction of sp³-hybridized carbons (Fsp3) is 0.458. The molecule has 2 fully saturated rings. The highest BCUT2D eigenvalue weighted by atomic mass is 19.4. The van der Waals surface area contributed by atoms with E-state index >= 15 is 4.39 Å². The van der Waals surface area contributed by atoms with E-state index in [1.165, 1.54) is 17.6 Å². The van der Waals surface area contributed by atoms with Crippen molar-refractivity contribution in [1.82, 2.24) is 29.8 Å². The van der Waals surface area contributed by atoms with Gasteiger partial charge in [0.25, 0.3) is 5.91 Å². The summed E-state index contributed by atoms with van der Waals surface area (Å²) in [6.45, 7) is 7.72. The number of rotatable bonds is 27. The molecule has 3 heterocycles. The second kappa shape index (κ2) is 29.3. The van der Waals surface area contributed by atoms with E-state index in [4.69, 9.17) is 28.4 Å². The minimum Gasteiger partial charge on any atom is -0.491 e. The zero-order chi connectivity index (χ0) is 56.3. The molecule has 2 aliphatic rings. The molecule has 8 rings (SSSR count). The van der Waals surface area contributed by atoms with Gasteiger partial charge in [0.1, 0.15) is 42.1 Å². The Labute approximate surface area is 463 Å². The van der Waals surface area contributed by atoms with Gasteiger partial charge in [-0.25, -0.2) is 9.07 Å². The van der Waals surface area contributed by atoms with Crippen LogP contribution in [0.15, 0.2) is 97.2 Å². The number of alkyl halides is 3. The van der Waals surface area contributed by atoms with E-state index in [-0.39, 0.29) is 41.7 Å². The van der Waals surface area contributed by atoms with E-state index in [0.29, 0.717) is 94.9 Å². The van der Waals surface area contributed by atoms with Gasteiger partial charge in [0.05, 0.1) is 82.8 Å². The summed E-state index contributed by atoms with van der Waals surface area (Å²) in [5, 5.41) is 21.4. The molecule has 4 aromatic carbocycles. The lowest BCUT2D eigenvalue weighted by atomic mass is 9.92. The molecule has 1 saturated carbocycles. The number of carbonyl (C=O) groups excluding carboxylic acids is 2. The first-order valence-electron chi connectivity index (χ1n) is 27.2. The molecule has 17 nitrogen and oxygen atoms in total. The van der Waals surface area contributed by atoms with E-state index in [9.17, 15) is 22.8 Å². The van der Waals surface area contributed by atoms with Gasteiger partial charge in [0.2, 0.25) is 5.91 Å². The molecule has 2 amide bonds. The number of likely N-dealkylation sites (tertiary alicyclic amines) is 1. The van der Waals surface area contributed by atoms with Crippen molar-refractivity contribution in [3.05, 3.63) is 126 Å². The predicted octanol–water partition coefficient (Wildman–Crippen LogP) is 9.39. The topological polar surface area (TPSA) is 177 Å². The van der Waals surface area contributed by atoms with Crippen LogP contribution in [-0.4, -0.2) is 134 Å². The molecule has 6 aromatic rings. The van der Waals surface area contributed by atoms with E-state index in [2.05, 4.69) is 55.4 Å². The van der Waals surface area contributed by atoms with Gasteiger partial charge in [-0.2, -0.15) is 13.2 Å². The third kappa shape index (κ3) is 18.2. The predicted molar refractivity (Wildman–Crippen MR) is 296 cm³/mol. The van der Waals surface area contributed by atoms with Gasteiger partial charge in [-0.15, -0.1) is 5.10 Å². The number of anilines is 3. The molecule has 0 unspecified atom stereocenters. The molecule has 1 aliphatic heterocycles. The summed E-state index contributed by atoms with van der Waals surface area (Å²) in [5.74, 6) is 5.05. The smallest absolute Gasteiger partial charge is 0.406 e. The molecule has 2 aromatic heterocycles. The van der Waals surface area contributed by atoms with Crippen molar-refractivity contribution >= 4 is 39.8 Å². The molecule has 80 heavy (non-hydrogen) atoms. The van der Waals surface area contributed by atoms with Gasteiger partial charge in [-0.3, -0.25) is 9.59 Å². The monoisotopic (exact) mass is 1110 g/mol. The van der Waals surface area contributed by atoms with Crippen LogP contribution in [0.5, 0.6) is 11.5 Å². The molecule has 0 bridgehead atoms. The summed E-state index contributed by atoms with van der Waals surface area (Å²) in [4.78, 5) is 27.5. The average Bonchev–Trinajstić information content (AvgIpc) is 4.15. The average molecular weight is 1110 g/mol. The Morgan fingerprint density at radius 1 is 0.825 bits per heavy atom. The lowest BCUT2D eigenvalue weighted by Gasteiger charge is -2.30. The number of amides is 2. The first kappa shape index (κ1) is 58.9. The number of fused-ring (bicyclic) bond motifs is 1. The highest BCUT2D eigenvalue weighted by Crippen LogP contribution is 2.35. The minimum atomic E-state index is -4.40. The number of halogens is 4. The fourth-order valence-electron chi connectivity index (χ4n) is 9.55. The molecule has 1 atom stereocenters. The zero-order valence-corrected chi connectivity index (χ0v) is 45.5. The van der Waals surface area contributed by atoms with Gasteiger partial charge >= 0.3 is 6.18 Å². The Morgan fingerprint density at radius 2 is 1.54 bits per heavy atom. The van der Waals surface area contributed by atoms with Crippen molar-refractivity contribution in [3.8, 4) is 23.3 Å². The van der Waals surface area contributed by atoms with Crippen LogP contribution in [0.3, 0.4) is 0 Å². The number of ether oxygens (including phenoxy) is 6. The maximum absolute atomic E-state index is 15.3. The Balaban J connectivity index is 0.644. The van der Waals surface area contributed by atoms with Crippen molar-refractivity contribution in [2.24, 2.45) is 0 Å². The van der Waals surface area contributed by atoms with Crippen LogP contribution < -0.4 is 30.7 Å². The standard InChI is InChI=1S/C59H71F4N9O8/c1-41(43-9-5-4-6-10-43)80-56-36-44(35-53(60)57(56)65-42(2)73)58(74)67-46-16-20-51(21-17-46)79-39-48-38-71(69-68-48)27-28-75-29-30-76-31-32-77-33-34-78-50-18-14-45(15-19-50)64-24-8-11-49-37-52-54(66-47-22-25-70(3)26-23-47)12-7-13-55(52)72(49)40-59(61,62)63/h4-7,9-10,12-15,18-19,35-38,41,46-47,51,64,66H,16-17,20-34,39-40H2,1-3H3,(H,65,73)(H,67,74)/t41-,46?,51?/m0/s1. The van der Waals surface area contributed by atoms with Crippen LogP contribution in [0.1, 0.15) is 85.8 Å². The van der Waals surface area contributed by atoms with E-state index in [0.717, 1.165) is 67.2 Å². The van der Waals surface area contributed by atoms with Gasteiger partial charge < -0.3 is 59.2 Å². The zero-order valence-electron chi connectivity index (χ0n) is 45.5. The van der Waals surface area contributed by atoms with E-state index in [1.807, 2.05) is 73.8 Å². The lowest BCUT2D eigenvalue weighted by Crippen LogP contribution is -2.39. The Hall–Kier alpha value is -7.22. The van der Waals surface area contributed by atoms with Gasteiger partial charge in [0.15, 0.2) is 5.82 Å².